The fraction of sp³-hybridized carbons (Fsp3) is 0.286. The maximum Gasteiger partial charge on any atom is 0.189 e. The molecule has 0 aliphatic carbocycles. The Morgan fingerprint density at radius 1 is 1.16 bits per heavy atom. The van der Waals surface area contributed by atoms with Crippen molar-refractivity contribution in [2.24, 2.45) is 0 Å². The topological polar surface area (TPSA) is 37.8 Å². The highest BCUT2D eigenvalue weighted by Gasteiger charge is 2.11. The van der Waals surface area contributed by atoms with Crippen LogP contribution in [0.3, 0.4) is 0 Å². The van der Waals surface area contributed by atoms with Crippen molar-refractivity contribution in [1.29, 1.82) is 0 Å². The fourth-order valence-electron chi connectivity index (χ4n) is 1.58. The zero-order valence-electron chi connectivity index (χ0n) is 11.2. The Morgan fingerprint density at radius 2 is 1.84 bits per heavy atom. The number of benzene rings is 1. The Labute approximate surface area is 116 Å². The summed E-state index contributed by atoms with van der Waals surface area (Å²) in [5, 5.41) is 3.59. The van der Waals surface area contributed by atoms with Crippen LogP contribution in [-0.2, 0) is 0 Å². The first kappa shape index (κ1) is 13.8. The van der Waals surface area contributed by atoms with Gasteiger partial charge < -0.3 is 5.32 Å². The van der Waals surface area contributed by atoms with Crippen LogP contribution in [0.2, 0.25) is 0 Å². The normalized spacial score (nSPS) is 10.5. The SMILES string of the molecule is CCSc1nc(C)c(F)c(Nc2ccc(C)cc2)n1. The second-order valence-electron chi connectivity index (χ2n) is 4.18. The number of aromatic nitrogens is 2. The highest BCUT2D eigenvalue weighted by molar-refractivity contribution is 7.99. The quantitative estimate of drug-likeness (QED) is 0.675. The molecule has 0 unspecified atom stereocenters. The van der Waals surface area contributed by atoms with E-state index in [0.29, 0.717) is 10.9 Å². The molecule has 1 N–H and O–H groups in total. The molecule has 0 spiro atoms. The molecule has 2 rings (SSSR count). The van der Waals surface area contributed by atoms with Gasteiger partial charge in [-0.15, -0.1) is 0 Å². The van der Waals surface area contributed by atoms with Crippen LogP contribution in [0.25, 0.3) is 0 Å². The van der Waals surface area contributed by atoms with E-state index in [-0.39, 0.29) is 5.82 Å². The predicted molar refractivity (Wildman–Crippen MR) is 77.6 cm³/mol. The van der Waals surface area contributed by atoms with E-state index in [2.05, 4.69) is 15.3 Å². The maximum atomic E-state index is 14.0. The number of halogens is 1. The molecule has 0 atom stereocenters. The molecule has 3 nitrogen and oxygen atoms in total. The van der Waals surface area contributed by atoms with Gasteiger partial charge in [-0.05, 0) is 31.7 Å². The third-order valence-corrected chi connectivity index (χ3v) is 3.31. The number of rotatable bonds is 4. The van der Waals surface area contributed by atoms with Crippen LogP contribution < -0.4 is 5.32 Å². The molecule has 1 aromatic heterocycles. The number of nitrogens with one attached hydrogen (secondary N) is 1. The second kappa shape index (κ2) is 6.02. The van der Waals surface area contributed by atoms with Gasteiger partial charge in [0, 0.05) is 5.69 Å². The first-order valence-electron chi connectivity index (χ1n) is 6.10. The van der Waals surface area contributed by atoms with E-state index in [1.54, 1.807) is 6.92 Å². The van der Waals surface area contributed by atoms with Gasteiger partial charge in [-0.25, -0.2) is 14.4 Å². The molecule has 1 heterocycles. The third kappa shape index (κ3) is 3.44. The van der Waals surface area contributed by atoms with Crippen LogP contribution in [0.1, 0.15) is 18.2 Å². The molecular formula is C14H16FN3S. The molecular weight excluding hydrogens is 261 g/mol. The van der Waals surface area contributed by atoms with Crippen molar-refractivity contribution in [3.8, 4) is 0 Å². The van der Waals surface area contributed by atoms with Crippen LogP contribution in [0, 0.1) is 19.7 Å². The van der Waals surface area contributed by atoms with E-state index in [1.807, 2.05) is 38.1 Å². The number of aryl methyl sites for hydroxylation is 2. The van der Waals surface area contributed by atoms with Crippen LogP contribution in [0.15, 0.2) is 29.4 Å². The summed E-state index contributed by atoms with van der Waals surface area (Å²) in [7, 11) is 0. The van der Waals surface area contributed by atoms with E-state index in [1.165, 1.54) is 11.8 Å². The molecule has 0 aliphatic rings. The van der Waals surface area contributed by atoms with Crippen LogP contribution >= 0.6 is 11.8 Å². The van der Waals surface area contributed by atoms with Crippen LogP contribution in [-0.4, -0.2) is 15.7 Å². The molecule has 1 aromatic carbocycles. The minimum absolute atomic E-state index is 0.229. The lowest BCUT2D eigenvalue weighted by molar-refractivity contribution is 0.598. The smallest absolute Gasteiger partial charge is 0.189 e. The minimum Gasteiger partial charge on any atom is -0.338 e. The lowest BCUT2D eigenvalue weighted by Gasteiger charge is -2.09. The molecule has 0 saturated heterocycles. The molecule has 2 aromatic rings. The zero-order chi connectivity index (χ0) is 13.8. The van der Waals surface area contributed by atoms with Crippen LogP contribution in [0.5, 0.6) is 0 Å². The Kier molecular flexibility index (Phi) is 4.37. The lowest BCUT2D eigenvalue weighted by Crippen LogP contribution is -2.03. The summed E-state index contributed by atoms with van der Waals surface area (Å²) in [4.78, 5) is 8.32. The lowest BCUT2D eigenvalue weighted by atomic mass is 10.2. The van der Waals surface area contributed by atoms with Gasteiger partial charge in [0.1, 0.15) is 0 Å². The third-order valence-electron chi connectivity index (χ3n) is 2.58. The Hall–Kier alpha value is -1.62. The standard InChI is InChI=1S/C14H16FN3S/c1-4-19-14-16-10(3)12(15)13(18-14)17-11-7-5-9(2)6-8-11/h5-8H,4H2,1-3H3,(H,16,17,18). The van der Waals surface area contributed by atoms with Gasteiger partial charge in [0.2, 0.25) is 0 Å². The number of hydrogen-bond acceptors (Lipinski definition) is 4. The Balaban J connectivity index is 2.30. The van der Waals surface area contributed by atoms with Crippen LogP contribution in [0.4, 0.5) is 15.9 Å². The molecule has 0 amide bonds. The van der Waals surface area contributed by atoms with Crippen molar-refractivity contribution in [1.82, 2.24) is 9.97 Å². The summed E-state index contributed by atoms with van der Waals surface area (Å²) in [5.74, 6) is 0.683. The molecule has 19 heavy (non-hydrogen) atoms. The van der Waals surface area contributed by atoms with E-state index >= 15 is 0 Å². The van der Waals surface area contributed by atoms with E-state index in [0.717, 1.165) is 17.0 Å². The summed E-state index contributed by atoms with van der Waals surface area (Å²) in [6.07, 6.45) is 0. The molecule has 0 fully saturated rings. The molecule has 0 bridgehead atoms. The van der Waals surface area contributed by atoms with Gasteiger partial charge in [0.15, 0.2) is 16.8 Å². The Bertz CT molecular complexity index is 570. The molecule has 5 heteroatoms. The predicted octanol–water partition coefficient (Wildman–Crippen LogP) is 4.09. The van der Waals surface area contributed by atoms with Crippen molar-refractivity contribution in [3.63, 3.8) is 0 Å². The summed E-state index contributed by atoms with van der Waals surface area (Å²) < 4.78 is 14.0. The van der Waals surface area contributed by atoms with E-state index in [4.69, 9.17) is 0 Å². The highest BCUT2D eigenvalue weighted by Crippen LogP contribution is 2.23. The zero-order valence-corrected chi connectivity index (χ0v) is 12.0. The second-order valence-corrected chi connectivity index (χ2v) is 5.41. The monoisotopic (exact) mass is 277 g/mol. The molecule has 0 saturated carbocycles. The first-order valence-corrected chi connectivity index (χ1v) is 7.09. The van der Waals surface area contributed by atoms with E-state index in [9.17, 15) is 4.39 Å². The Morgan fingerprint density at radius 3 is 2.47 bits per heavy atom. The van der Waals surface area contributed by atoms with Crippen molar-refractivity contribution < 1.29 is 4.39 Å². The fourth-order valence-corrected chi connectivity index (χ4v) is 2.20. The van der Waals surface area contributed by atoms with Gasteiger partial charge in [0.25, 0.3) is 0 Å². The number of hydrogen-bond donors (Lipinski definition) is 1. The number of anilines is 2. The minimum atomic E-state index is -0.402. The van der Waals surface area contributed by atoms with Crippen molar-refractivity contribution in [2.45, 2.75) is 25.9 Å². The number of nitrogens with zero attached hydrogens (tertiary/aromatic N) is 2. The van der Waals surface area contributed by atoms with Crippen molar-refractivity contribution in [2.75, 3.05) is 11.1 Å². The van der Waals surface area contributed by atoms with Gasteiger partial charge in [-0.2, -0.15) is 0 Å². The van der Waals surface area contributed by atoms with Gasteiger partial charge in [0.05, 0.1) is 5.69 Å². The van der Waals surface area contributed by atoms with E-state index < -0.39 is 5.82 Å². The average molecular weight is 277 g/mol. The summed E-state index contributed by atoms with van der Waals surface area (Å²) in [6.45, 7) is 5.67. The van der Waals surface area contributed by atoms with Gasteiger partial charge in [-0.3, -0.25) is 0 Å². The largest absolute Gasteiger partial charge is 0.338 e. The van der Waals surface area contributed by atoms with Crippen molar-refractivity contribution in [3.05, 3.63) is 41.3 Å². The summed E-state index contributed by atoms with van der Waals surface area (Å²) in [6, 6.07) is 7.74. The summed E-state index contributed by atoms with van der Waals surface area (Å²) in [5.41, 5.74) is 2.34. The highest BCUT2D eigenvalue weighted by atomic mass is 32.2. The average Bonchev–Trinajstić information content (AvgIpc) is 2.38. The molecule has 0 aliphatic heterocycles. The molecule has 0 radical (unpaired) electrons. The number of thioether (sulfide) groups is 1. The first-order chi connectivity index (χ1) is 9.10. The summed E-state index contributed by atoms with van der Waals surface area (Å²) >= 11 is 1.50. The maximum absolute atomic E-state index is 14.0. The molecule has 100 valence electrons. The van der Waals surface area contributed by atoms with Gasteiger partial charge >= 0.3 is 0 Å². The van der Waals surface area contributed by atoms with Crippen molar-refractivity contribution >= 4 is 23.3 Å². The van der Waals surface area contributed by atoms with Gasteiger partial charge in [-0.1, -0.05) is 36.4 Å².